The molecule has 1 amide bonds. The van der Waals surface area contributed by atoms with Crippen molar-refractivity contribution < 1.29 is 14.7 Å². The third kappa shape index (κ3) is 3.47. The molecule has 1 aromatic carbocycles. The molecule has 1 aromatic rings. The SMILES string of the molecule is CC1CCCCN1C(=O)c1ccc(C=CC(=O)O)cc1. The summed E-state index contributed by atoms with van der Waals surface area (Å²) in [6.07, 6.45) is 5.91. The van der Waals surface area contributed by atoms with Gasteiger partial charge in [-0.1, -0.05) is 12.1 Å². The maximum absolute atomic E-state index is 12.4. The van der Waals surface area contributed by atoms with Crippen LogP contribution < -0.4 is 0 Å². The van der Waals surface area contributed by atoms with Crippen LogP contribution >= 0.6 is 0 Å². The van der Waals surface area contributed by atoms with E-state index in [0.29, 0.717) is 11.6 Å². The van der Waals surface area contributed by atoms with Crippen LogP contribution in [0.2, 0.25) is 0 Å². The van der Waals surface area contributed by atoms with Gasteiger partial charge in [0.2, 0.25) is 0 Å². The van der Waals surface area contributed by atoms with E-state index in [1.807, 2.05) is 4.90 Å². The third-order valence-electron chi connectivity index (χ3n) is 3.64. The van der Waals surface area contributed by atoms with Crippen molar-refractivity contribution in [3.8, 4) is 0 Å². The number of carbonyl (C=O) groups is 2. The van der Waals surface area contributed by atoms with E-state index in [9.17, 15) is 9.59 Å². The molecule has 106 valence electrons. The quantitative estimate of drug-likeness (QED) is 0.861. The molecule has 0 aromatic heterocycles. The van der Waals surface area contributed by atoms with Crippen LogP contribution in [0.4, 0.5) is 0 Å². The van der Waals surface area contributed by atoms with Gasteiger partial charge in [0.05, 0.1) is 0 Å². The molecule has 1 unspecified atom stereocenters. The molecular weight excluding hydrogens is 254 g/mol. The van der Waals surface area contributed by atoms with Crippen LogP contribution in [-0.2, 0) is 4.79 Å². The maximum Gasteiger partial charge on any atom is 0.328 e. The van der Waals surface area contributed by atoms with E-state index in [2.05, 4.69) is 6.92 Å². The average Bonchev–Trinajstić information content (AvgIpc) is 2.45. The fraction of sp³-hybridized carbons (Fsp3) is 0.375. The highest BCUT2D eigenvalue weighted by molar-refractivity contribution is 5.94. The Morgan fingerprint density at radius 3 is 2.55 bits per heavy atom. The Kier molecular flexibility index (Phi) is 4.56. The molecular formula is C16H19NO3. The van der Waals surface area contributed by atoms with Crippen LogP contribution in [-0.4, -0.2) is 34.5 Å². The van der Waals surface area contributed by atoms with Gasteiger partial charge < -0.3 is 10.0 Å². The van der Waals surface area contributed by atoms with E-state index >= 15 is 0 Å². The van der Waals surface area contributed by atoms with E-state index < -0.39 is 5.97 Å². The normalized spacial score (nSPS) is 19.2. The van der Waals surface area contributed by atoms with Crippen LogP contribution in [0.5, 0.6) is 0 Å². The lowest BCUT2D eigenvalue weighted by Gasteiger charge is -2.33. The predicted octanol–water partition coefficient (Wildman–Crippen LogP) is 2.80. The Labute approximate surface area is 118 Å². The van der Waals surface area contributed by atoms with Gasteiger partial charge in [0, 0.05) is 24.2 Å². The zero-order chi connectivity index (χ0) is 14.5. The van der Waals surface area contributed by atoms with Gasteiger partial charge >= 0.3 is 5.97 Å². The summed E-state index contributed by atoms with van der Waals surface area (Å²) in [5, 5.41) is 8.57. The largest absolute Gasteiger partial charge is 0.478 e. The summed E-state index contributed by atoms with van der Waals surface area (Å²) in [5.41, 5.74) is 1.43. The zero-order valence-corrected chi connectivity index (χ0v) is 11.6. The summed E-state index contributed by atoms with van der Waals surface area (Å²) in [6.45, 7) is 2.90. The lowest BCUT2D eigenvalue weighted by molar-refractivity contribution is -0.131. The highest BCUT2D eigenvalue weighted by Gasteiger charge is 2.23. The van der Waals surface area contributed by atoms with Crippen molar-refractivity contribution in [2.24, 2.45) is 0 Å². The first kappa shape index (κ1) is 14.3. The van der Waals surface area contributed by atoms with Gasteiger partial charge in [0.1, 0.15) is 0 Å². The van der Waals surface area contributed by atoms with Crippen LogP contribution in [0.15, 0.2) is 30.3 Å². The molecule has 1 saturated heterocycles. The van der Waals surface area contributed by atoms with Crippen LogP contribution in [0, 0.1) is 0 Å². The number of carbonyl (C=O) groups excluding carboxylic acids is 1. The van der Waals surface area contributed by atoms with Crippen molar-refractivity contribution in [1.29, 1.82) is 0 Å². The number of aliphatic carboxylic acids is 1. The number of piperidine rings is 1. The van der Waals surface area contributed by atoms with Crippen molar-refractivity contribution in [2.45, 2.75) is 32.2 Å². The Hall–Kier alpha value is -2.10. The maximum atomic E-state index is 12.4. The second-order valence-corrected chi connectivity index (χ2v) is 5.14. The van der Waals surface area contributed by atoms with Crippen molar-refractivity contribution in [1.82, 2.24) is 4.90 Å². The minimum absolute atomic E-state index is 0.0611. The monoisotopic (exact) mass is 273 g/mol. The number of amides is 1. The second kappa shape index (κ2) is 6.37. The number of carboxylic acids is 1. The first-order chi connectivity index (χ1) is 9.58. The number of likely N-dealkylation sites (tertiary alicyclic amines) is 1. The average molecular weight is 273 g/mol. The molecule has 0 bridgehead atoms. The predicted molar refractivity (Wildman–Crippen MR) is 77.5 cm³/mol. The minimum Gasteiger partial charge on any atom is -0.478 e. The highest BCUT2D eigenvalue weighted by atomic mass is 16.4. The Bertz CT molecular complexity index is 519. The first-order valence-corrected chi connectivity index (χ1v) is 6.90. The smallest absolute Gasteiger partial charge is 0.328 e. The molecule has 1 aliphatic rings. The molecule has 0 aliphatic carbocycles. The minimum atomic E-state index is -0.979. The Morgan fingerprint density at radius 1 is 1.25 bits per heavy atom. The molecule has 4 nitrogen and oxygen atoms in total. The van der Waals surface area contributed by atoms with Crippen molar-refractivity contribution in [3.63, 3.8) is 0 Å². The lowest BCUT2D eigenvalue weighted by Crippen LogP contribution is -2.41. The van der Waals surface area contributed by atoms with E-state index in [1.165, 1.54) is 12.5 Å². The molecule has 0 saturated carbocycles. The zero-order valence-electron chi connectivity index (χ0n) is 11.6. The number of benzene rings is 1. The Morgan fingerprint density at radius 2 is 1.95 bits per heavy atom. The summed E-state index contributed by atoms with van der Waals surface area (Å²) in [6, 6.07) is 7.33. The molecule has 1 heterocycles. The van der Waals surface area contributed by atoms with E-state index in [1.54, 1.807) is 24.3 Å². The lowest BCUT2D eigenvalue weighted by atomic mass is 10.0. The van der Waals surface area contributed by atoms with Gasteiger partial charge in [0.25, 0.3) is 5.91 Å². The topological polar surface area (TPSA) is 57.6 Å². The molecule has 2 rings (SSSR count). The molecule has 1 atom stereocenters. The number of hydrogen-bond donors (Lipinski definition) is 1. The fourth-order valence-corrected chi connectivity index (χ4v) is 2.47. The summed E-state index contributed by atoms with van der Waals surface area (Å²) in [4.78, 5) is 24.8. The first-order valence-electron chi connectivity index (χ1n) is 6.90. The van der Waals surface area contributed by atoms with E-state index in [4.69, 9.17) is 5.11 Å². The van der Waals surface area contributed by atoms with Crippen LogP contribution in [0.3, 0.4) is 0 Å². The molecule has 0 spiro atoms. The number of nitrogens with zero attached hydrogens (tertiary/aromatic N) is 1. The second-order valence-electron chi connectivity index (χ2n) is 5.14. The van der Waals surface area contributed by atoms with Gasteiger partial charge in [-0.2, -0.15) is 0 Å². The molecule has 1 aliphatic heterocycles. The summed E-state index contributed by atoms with van der Waals surface area (Å²) in [5.74, 6) is -0.918. The number of carboxylic acid groups (broad SMARTS) is 1. The summed E-state index contributed by atoms with van der Waals surface area (Å²) >= 11 is 0. The summed E-state index contributed by atoms with van der Waals surface area (Å²) < 4.78 is 0. The van der Waals surface area contributed by atoms with Gasteiger partial charge in [-0.15, -0.1) is 0 Å². The summed E-state index contributed by atoms with van der Waals surface area (Å²) in [7, 11) is 0. The van der Waals surface area contributed by atoms with E-state index in [0.717, 1.165) is 31.0 Å². The highest BCUT2D eigenvalue weighted by Crippen LogP contribution is 2.19. The molecule has 0 radical (unpaired) electrons. The van der Waals surface area contributed by atoms with Crippen molar-refractivity contribution >= 4 is 18.0 Å². The van der Waals surface area contributed by atoms with Gasteiger partial charge in [-0.3, -0.25) is 4.79 Å². The molecule has 20 heavy (non-hydrogen) atoms. The molecule has 1 fully saturated rings. The van der Waals surface area contributed by atoms with Gasteiger partial charge in [-0.25, -0.2) is 4.79 Å². The number of rotatable bonds is 3. The van der Waals surface area contributed by atoms with Gasteiger partial charge in [-0.05, 0) is 50.0 Å². The standard InChI is InChI=1S/C16H19NO3/c1-12-4-2-3-11-17(12)16(20)14-8-5-13(6-9-14)7-10-15(18)19/h5-10,12H,2-4,11H2,1H3,(H,18,19). The fourth-order valence-electron chi connectivity index (χ4n) is 2.47. The molecule has 4 heteroatoms. The number of hydrogen-bond acceptors (Lipinski definition) is 2. The molecule has 1 N–H and O–H groups in total. The van der Waals surface area contributed by atoms with E-state index in [-0.39, 0.29) is 5.91 Å². The van der Waals surface area contributed by atoms with Gasteiger partial charge in [0.15, 0.2) is 0 Å². The van der Waals surface area contributed by atoms with Crippen molar-refractivity contribution in [3.05, 3.63) is 41.5 Å². The van der Waals surface area contributed by atoms with Crippen LogP contribution in [0.1, 0.15) is 42.1 Å². The van der Waals surface area contributed by atoms with Crippen molar-refractivity contribution in [2.75, 3.05) is 6.54 Å². The van der Waals surface area contributed by atoms with Crippen LogP contribution in [0.25, 0.3) is 6.08 Å². The third-order valence-corrected chi connectivity index (χ3v) is 3.64. The Balaban J connectivity index is 2.09.